The van der Waals surface area contributed by atoms with E-state index in [9.17, 15) is 14.0 Å². The van der Waals surface area contributed by atoms with Crippen LogP contribution in [0.5, 0.6) is 0 Å². The Kier molecular flexibility index (Phi) is 6.65. The van der Waals surface area contributed by atoms with Crippen molar-refractivity contribution in [1.82, 2.24) is 19.9 Å². The third-order valence-electron chi connectivity index (χ3n) is 5.14. The van der Waals surface area contributed by atoms with Gasteiger partial charge in [-0.15, -0.1) is 0 Å². The number of anilines is 1. The van der Waals surface area contributed by atoms with E-state index in [2.05, 4.69) is 15.5 Å². The number of urea groups is 1. The average molecular weight is 458 g/mol. The first-order valence-corrected chi connectivity index (χ1v) is 10.5. The van der Waals surface area contributed by atoms with Crippen LogP contribution in [0.15, 0.2) is 53.1 Å². The molecule has 0 radical (unpaired) electrons. The zero-order valence-corrected chi connectivity index (χ0v) is 17.9. The zero-order chi connectivity index (χ0) is 22.5. The third-order valence-corrected chi connectivity index (χ3v) is 5.39. The lowest BCUT2D eigenvalue weighted by Crippen LogP contribution is -2.51. The van der Waals surface area contributed by atoms with Crippen LogP contribution in [-0.2, 0) is 11.2 Å². The zero-order valence-electron chi connectivity index (χ0n) is 17.1. The number of benzene rings is 2. The Morgan fingerprint density at radius 1 is 1.00 bits per heavy atom. The lowest BCUT2D eigenvalue weighted by Gasteiger charge is -2.34. The first-order chi connectivity index (χ1) is 15.5. The molecule has 2 heterocycles. The van der Waals surface area contributed by atoms with Crippen molar-refractivity contribution < 1.29 is 18.5 Å². The van der Waals surface area contributed by atoms with Gasteiger partial charge in [-0.2, -0.15) is 4.98 Å². The van der Waals surface area contributed by atoms with Crippen LogP contribution in [0.3, 0.4) is 0 Å². The van der Waals surface area contributed by atoms with Crippen molar-refractivity contribution in [2.45, 2.75) is 12.8 Å². The van der Waals surface area contributed by atoms with Gasteiger partial charge < -0.3 is 19.6 Å². The normalized spacial score (nSPS) is 13.8. The molecule has 0 atom stereocenters. The van der Waals surface area contributed by atoms with E-state index in [-0.39, 0.29) is 24.2 Å². The van der Waals surface area contributed by atoms with E-state index in [4.69, 9.17) is 16.1 Å². The summed E-state index contributed by atoms with van der Waals surface area (Å²) in [4.78, 5) is 32.6. The first-order valence-electron chi connectivity index (χ1n) is 10.2. The summed E-state index contributed by atoms with van der Waals surface area (Å²) < 4.78 is 18.2. The van der Waals surface area contributed by atoms with Gasteiger partial charge in [-0.3, -0.25) is 4.79 Å². The van der Waals surface area contributed by atoms with Crippen molar-refractivity contribution in [2.75, 3.05) is 31.5 Å². The van der Waals surface area contributed by atoms with Crippen LogP contribution in [0.4, 0.5) is 14.9 Å². The van der Waals surface area contributed by atoms with Gasteiger partial charge in [0.15, 0.2) is 0 Å². The van der Waals surface area contributed by atoms with E-state index < -0.39 is 0 Å². The van der Waals surface area contributed by atoms with E-state index in [1.54, 1.807) is 34.1 Å². The topological polar surface area (TPSA) is 91.6 Å². The van der Waals surface area contributed by atoms with Gasteiger partial charge in [0, 0.05) is 55.3 Å². The molecule has 1 aliphatic rings. The maximum absolute atomic E-state index is 13.0. The highest BCUT2D eigenvalue weighted by Gasteiger charge is 2.24. The number of carbonyl (C=O) groups excluding carboxylic acids is 2. The van der Waals surface area contributed by atoms with E-state index >= 15 is 0 Å². The Morgan fingerprint density at radius 2 is 1.66 bits per heavy atom. The summed E-state index contributed by atoms with van der Waals surface area (Å²) in [6, 6.07) is 12.4. The quantitative estimate of drug-likeness (QED) is 0.628. The summed E-state index contributed by atoms with van der Waals surface area (Å²) in [7, 11) is 0. The van der Waals surface area contributed by atoms with Crippen LogP contribution in [0, 0.1) is 5.82 Å². The molecule has 2 aromatic carbocycles. The maximum Gasteiger partial charge on any atom is 0.321 e. The fourth-order valence-electron chi connectivity index (χ4n) is 3.34. The number of aromatic nitrogens is 2. The molecule has 10 heteroatoms. The van der Waals surface area contributed by atoms with E-state index in [1.165, 1.54) is 24.3 Å². The van der Waals surface area contributed by atoms with Crippen LogP contribution >= 0.6 is 11.6 Å². The molecule has 0 bridgehead atoms. The van der Waals surface area contributed by atoms with Crippen LogP contribution < -0.4 is 5.32 Å². The minimum atomic E-state index is -0.364. The molecular formula is C22H21ClFN5O3. The van der Waals surface area contributed by atoms with Crippen molar-refractivity contribution in [1.29, 1.82) is 0 Å². The molecule has 0 spiro atoms. The van der Waals surface area contributed by atoms with Gasteiger partial charge in [0.25, 0.3) is 0 Å². The second-order valence-electron chi connectivity index (χ2n) is 7.32. The van der Waals surface area contributed by atoms with Crippen LogP contribution in [-0.4, -0.2) is 58.1 Å². The maximum atomic E-state index is 13.0. The van der Waals surface area contributed by atoms with Crippen molar-refractivity contribution in [3.8, 4) is 11.4 Å². The number of aryl methyl sites for hydroxylation is 1. The lowest BCUT2D eigenvalue weighted by atomic mass is 10.2. The van der Waals surface area contributed by atoms with Crippen molar-refractivity contribution in [3.05, 3.63) is 65.3 Å². The van der Waals surface area contributed by atoms with Gasteiger partial charge in [-0.25, -0.2) is 9.18 Å². The van der Waals surface area contributed by atoms with Crippen molar-refractivity contribution in [3.63, 3.8) is 0 Å². The number of hydrogen-bond donors (Lipinski definition) is 1. The Balaban J connectivity index is 1.23. The Hall–Kier alpha value is -3.46. The minimum Gasteiger partial charge on any atom is -0.339 e. The number of halogens is 2. The van der Waals surface area contributed by atoms with Gasteiger partial charge in [-0.1, -0.05) is 16.8 Å². The van der Waals surface area contributed by atoms with Gasteiger partial charge in [0.05, 0.1) is 0 Å². The fraction of sp³-hybridized carbons (Fsp3) is 0.273. The molecule has 166 valence electrons. The Bertz CT molecular complexity index is 1080. The summed E-state index contributed by atoms with van der Waals surface area (Å²) in [5.74, 6) is 0.442. The van der Waals surface area contributed by atoms with Crippen molar-refractivity contribution in [2.24, 2.45) is 0 Å². The lowest BCUT2D eigenvalue weighted by molar-refractivity contribution is -0.132. The summed E-state index contributed by atoms with van der Waals surface area (Å²) in [5.41, 5.74) is 1.30. The van der Waals surface area contributed by atoms with Crippen LogP contribution in [0.1, 0.15) is 12.3 Å². The second-order valence-corrected chi connectivity index (χ2v) is 7.76. The summed E-state index contributed by atoms with van der Waals surface area (Å²) in [5, 5.41) is 7.30. The highest BCUT2D eigenvalue weighted by Crippen LogP contribution is 2.19. The van der Waals surface area contributed by atoms with Gasteiger partial charge >= 0.3 is 6.03 Å². The Labute approximate surface area is 189 Å². The number of hydrogen-bond acceptors (Lipinski definition) is 5. The number of nitrogens with zero attached hydrogens (tertiary/aromatic N) is 4. The van der Waals surface area contributed by atoms with Gasteiger partial charge in [0.1, 0.15) is 5.82 Å². The van der Waals surface area contributed by atoms with E-state index in [1.807, 2.05) is 0 Å². The predicted octanol–water partition coefficient (Wildman–Crippen LogP) is 3.84. The molecule has 8 nitrogen and oxygen atoms in total. The third kappa shape index (κ3) is 5.42. The number of piperazine rings is 1. The standard InChI is InChI=1S/C22H21ClFN5O3/c23-16-3-1-15(2-4-16)21-26-19(32-27-21)9-10-20(30)28-11-13-29(14-12-28)22(31)25-18-7-5-17(24)6-8-18/h1-8H,9-14H2,(H,25,31). The molecule has 0 aliphatic carbocycles. The average Bonchev–Trinajstić information content (AvgIpc) is 3.28. The monoisotopic (exact) mass is 457 g/mol. The van der Waals surface area contributed by atoms with E-state index in [0.29, 0.717) is 55.0 Å². The van der Waals surface area contributed by atoms with E-state index in [0.717, 1.165) is 5.56 Å². The molecule has 0 saturated carbocycles. The fourth-order valence-corrected chi connectivity index (χ4v) is 3.47. The molecule has 32 heavy (non-hydrogen) atoms. The minimum absolute atomic E-state index is 0.0326. The number of carbonyl (C=O) groups is 2. The molecule has 3 aromatic rings. The number of nitrogens with one attached hydrogen (secondary N) is 1. The summed E-state index contributed by atoms with van der Waals surface area (Å²) in [6.45, 7) is 1.71. The molecule has 4 rings (SSSR count). The molecule has 1 aliphatic heterocycles. The molecular weight excluding hydrogens is 437 g/mol. The van der Waals surface area contributed by atoms with Gasteiger partial charge in [-0.05, 0) is 48.5 Å². The molecule has 0 unspecified atom stereocenters. The Morgan fingerprint density at radius 3 is 2.34 bits per heavy atom. The van der Waals surface area contributed by atoms with Crippen LogP contribution in [0.25, 0.3) is 11.4 Å². The van der Waals surface area contributed by atoms with Gasteiger partial charge in [0.2, 0.25) is 17.6 Å². The molecule has 1 N–H and O–H groups in total. The molecule has 1 saturated heterocycles. The first kappa shape index (κ1) is 21.8. The second kappa shape index (κ2) is 9.78. The van der Waals surface area contributed by atoms with Crippen LogP contribution in [0.2, 0.25) is 5.02 Å². The smallest absolute Gasteiger partial charge is 0.321 e. The van der Waals surface area contributed by atoms with Crippen molar-refractivity contribution >= 4 is 29.2 Å². The predicted molar refractivity (Wildman–Crippen MR) is 117 cm³/mol. The SMILES string of the molecule is O=C(CCc1nc(-c2ccc(Cl)cc2)no1)N1CCN(C(=O)Nc2ccc(F)cc2)CC1. The molecule has 1 fully saturated rings. The summed E-state index contributed by atoms with van der Waals surface area (Å²) in [6.07, 6.45) is 0.578. The molecule has 3 amide bonds. The number of amides is 3. The summed E-state index contributed by atoms with van der Waals surface area (Å²) >= 11 is 5.89. The number of rotatable bonds is 5. The highest BCUT2D eigenvalue weighted by molar-refractivity contribution is 6.30. The molecule has 1 aromatic heterocycles. The largest absolute Gasteiger partial charge is 0.339 e. The highest BCUT2D eigenvalue weighted by atomic mass is 35.5.